The Bertz CT molecular complexity index is 201. The van der Waals surface area contributed by atoms with Crippen molar-refractivity contribution in [1.29, 1.82) is 0 Å². The van der Waals surface area contributed by atoms with E-state index in [0.717, 1.165) is 32.2 Å². The average Bonchev–Trinajstić information content (AvgIpc) is 2.29. The van der Waals surface area contributed by atoms with Gasteiger partial charge in [-0.05, 0) is 39.2 Å². The molecule has 2 N–H and O–H groups in total. The second-order valence-corrected chi connectivity index (χ2v) is 4.30. The fourth-order valence-electron chi connectivity index (χ4n) is 2.16. The molecule has 1 saturated carbocycles. The van der Waals surface area contributed by atoms with Gasteiger partial charge in [0.25, 0.3) is 0 Å². The maximum Gasteiger partial charge on any atom is 0.246 e. The van der Waals surface area contributed by atoms with Gasteiger partial charge in [-0.25, -0.2) is 0 Å². The fourth-order valence-corrected chi connectivity index (χ4v) is 2.16. The summed E-state index contributed by atoms with van der Waals surface area (Å²) in [5, 5.41) is 6.19. The molecule has 1 fully saturated rings. The monoisotopic (exact) mass is 228 g/mol. The van der Waals surface area contributed by atoms with Crippen LogP contribution in [0.25, 0.3) is 0 Å². The van der Waals surface area contributed by atoms with E-state index >= 15 is 0 Å². The maximum absolute atomic E-state index is 11.2. The van der Waals surface area contributed by atoms with E-state index in [2.05, 4.69) is 17.6 Å². The molecule has 0 aliphatic heterocycles. The summed E-state index contributed by atoms with van der Waals surface area (Å²) < 4.78 is 5.58. The first-order chi connectivity index (χ1) is 7.76. The first-order valence-corrected chi connectivity index (χ1v) is 6.38. The van der Waals surface area contributed by atoms with Crippen LogP contribution in [0, 0.1) is 0 Å². The lowest BCUT2D eigenvalue weighted by Gasteiger charge is -2.28. The second kappa shape index (κ2) is 7.63. The molecule has 1 aliphatic rings. The van der Waals surface area contributed by atoms with Gasteiger partial charge in [0.15, 0.2) is 0 Å². The zero-order valence-corrected chi connectivity index (χ0v) is 10.4. The number of nitrogens with one attached hydrogen (secondary N) is 2. The summed E-state index contributed by atoms with van der Waals surface area (Å²) in [6.45, 7) is 5.98. The van der Waals surface area contributed by atoms with Gasteiger partial charge in [-0.3, -0.25) is 4.79 Å². The highest BCUT2D eigenvalue weighted by molar-refractivity contribution is 5.77. The summed E-state index contributed by atoms with van der Waals surface area (Å²) in [5.41, 5.74) is 0. The number of hydrogen-bond acceptors (Lipinski definition) is 3. The molecule has 1 aliphatic carbocycles. The third-order valence-corrected chi connectivity index (χ3v) is 2.99. The van der Waals surface area contributed by atoms with Gasteiger partial charge in [0, 0.05) is 12.6 Å². The van der Waals surface area contributed by atoms with E-state index in [1.807, 2.05) is 6.92 Å². The summed E-state index contributed by atoms with van der Waals surface area (Å²) >= 11 is 0. The zero-order valence-electron chi connectivity index (χ0n) is 10.4. The Kier molecular flexibility index (Phi) is 6.42. The van der Waals surface area contributed by atoms with E-state index < -0.39 is 0 Å². The van der Waals surface area contributed by atoms with E-state index in [1.165, 1.54) is 0 Å². The van der Waals surface area contributed by atoms with Gasteiger partial charge in [-0.15, -0.1) is 0 Å². The van der Waals surface area contributed by atoms with Crippen LogP contribution < -0.4 is 10.6 Å². The summed E-state index contributed by atoms with van der Waals surface area (Å²) in [5.74, 6) is -0.00342. The molecular weight excluding hydrogens is 204 g/mol. The first-order valence-electron chi connectivity index (χ1n) is 6.38. The Morgan fingerprint density at radius 1 is 1.19 bits per heavy atom. The van der Waals surface area contributed by atoms with Gasteiger partial charge in [0.2, 0.25) is 5.91 Å². The van der Waals surface area contributed by atoms with Crippen LogP contribution >= 0.6 is 0 Å². The fraction of sp³-hybridized carbons (Fsp3) is 0.917. The number of amides is 1. The lowest BCUT2D eigenvalue weighted by Crippen LogP contribution is -2.36. The van der Waals surface area contributed by atoms with Gasteiger partial charge >= 0.3 is 0 Å². The Morgan fingerprint density at radius 3 is 2.44 bits per heavy atom. The van der Waals surface area contributed by atoms with E-state index in [-0.39, 0.29) is 18.6 Å². The molecule has 0 aromatic carbocycles. The highest BCUT2D eigenvalue weighted by Gasteiger charge is 2.21. The van der Waals surface area contributed by atoms with Crippen molar-refractivity contribution < 1.29 is 9.53 Å². The number of hydrogen-bond donors (Lipinski definition) is 2. The minimum absolute atomic E-state index is 0.00342. The smallest absolute Gasteiger partial charge is 0.246 e. The quantitative estimate of drug-likeness (QED) is 0.714. The Labute approximate surface area is 98.1 Å². The third-order valence-electron chi connectivity index (χ3n) is 2.99. The van der Waals surface area contributed by atoms with Crippen LogP contribution in [0.3, 0.4) is 0 Å². The molecular formula is C12H24N2O2. The standard InChI is InChI=1S/C12H24N2O2/c1-3-13-10-5-7-11(8-6-10)16-9-12(15)14-4-2/h10-11,13H,3-9H2,1-2H3,(H,14,15). The van der Waals surface area contributed by atoms with Crippen molar-refractivity contribution in [2.45, 2.75) is 51.7 Å². The molecule has 4 nitrogen and oxygen atoms in total. The molecule has 0 saturated heterocycles. The van der Waals surface area contributed by atoms with Crippen molar-refractivity contribution in [3.63, 3.8) is 0 Å². The summed E-state index contributed by atoms with van der Waals surface area (Å²) in [6.07, 6.45) is 4.73. The summed E-state index contributed by atoms with van der Waals surface area (Å²) in [4.78, 5) is 11.2. The van der Waals surface area contributed by atoms with Crippen molar-refractivity contribution in [3.05, 3.63) is 0 Å². The van der Waals surface area contributed by atoms with Crippen molar-refractivity contribution in [3.8, 4) is 0 Å². The molecule has 0 heterocycles. The van der Waals surface area contributed by atoms with Crippen molar-refractivity contribution in [2.75, 3.05) is 19.7 Å². The summed E-state index contributed by atoms with van der Waals surface area (Å²) in [6, 6.07) is 0.648. The van der Waals surface area contributed by atoms with Crippen molar-refractivity contribution >= 4 is 5.91 Å². The van der Waals surface area contributed by atoms with E-state index in [4.69, 9.17) is 4.74 Å². The molecule has 1 amide bonds. The van der Waals surface area contributed by atoms with E-state index in [9.17, 15) is 4.79 Å². The van der Waals surface area contributed by atoms with Crippen LogP contribution in [0.5, 0.6) is 0 Å². The van der Waals surface area contributed by atoms with Crippen molar-refractivity contribution in [2.24, 2.45) is 0 Å². The van der Waals surface area contributed by atoms with E-state index in [1.54, 1.807) is 0 Å². The van der Waals surface area contributed by atoms with Crippen LogP contribution in [0.1, 0.15) is 39.5 Å². The summed E-state index contributed by atoms with van der Waals surface area (Å²) in [7, 11) is 0. The minimum atomic E-state index is -0.00342. The maximum atomic E-state index is 11.2. The Hall–Kier alpha value is -0.610. The molecule has 0 unspecified atom stereocenters. The molecule has 0 atom stereocenters. The Balaban J connectivity index is 2.10. The number of carbonyl (C=O) groups is 1. The predicted molar refractivity (Wildman–Crippen MR) is 64.4 cm³/mol. The van der Waals surface area contributed by atoms with Gasteiger partial charge in [-0.2, -0.15) is 0 Å². The first kappa shape index (κ1) is 13.5. The second-order valence-electron chi connectivity index (χ2n) is 4.30. The highest BCUT2D eigenvalue weighted by atomic mass is 16.5. The zero-order chi connectivity index (χ0) is 11.8. The molecule has 0 aromatic heterocycles. The van der Waals surface area contributed by atoms with Crippen LogP contribution in [0.4, 0.5) is 0 Å². The number of likely N-dealkylation sites (N-methyl/N-ethyl adjacent to an activating group) is 1. The van der Waals surface area contributed by atoms with Crippen LogP contribution in [-0.2, 0) is 9.53 Å². The van der Waals surface area contributed by atoms with Gasteiger partial charge in [0.05, 0.1) is 6.10 Å². The van der Waals surface area contributed by atoms with Crippen LogP contribution in [-0.4, -0.2) is 37.7 Å². The highest BCUT2D eigenvalue weighted by Crippen LogP contribution is 2.20. The van der Waals surface area contributed by atoms with Gasteiger partial charge in [0.1, 0.15) is 6.61 Å². The lowest BCUT2D eigenvalue weighted by molar-refractivity contribution is -0.128. The average molecular weight is 228 g/mol. The molecule has 1 rings (SSSR count). The third kappa shape index (κ3) is 4.94. The van der Waals surface area contributed by atoms with Gasteiger partial charge < -0.3 is 15.4 Å². The number of carbonyl (C=O) groups excluding carboxylic acids is 1. The lowest BCUT2D eigenvalue weighted by atomic mass is 9.93. The molecule has 16 heavy (non-hydrogen) atoms. The number of rotatable bonds is 6. The SMILES string of the molecule is CCNC(=O)COC1CCC(NCC)CC1. The van der Waals surface area contributed by atoms with E-state index in [0.29, 0.717) is 12.6 Å². The molecule has 0 spiro atoms. The minimum Gasteiger partial charge on any atom is -0.368 e. The van der Waals surface area contributed by atoms with Crippen LogP contribution in [0.15, 0.2) is 0 Å². The molecule has 94 valence electrons. The topological polar surface area (TPSA) is 50.4 Å². The largest absolute Gasteiger partial charge is 0.368 e. The molecule has 4 heteroatoms. The normalized spacial score (nSPS) is 25.4. The molecule has 0 bridgehead atoms. The number of ether oxygens (including phenoxy) is 1. The van der Waals surface area contributed by atoms with Crippen LogP contribution in [0.2, 0.25) is 0 Å². The molecule has 0 aromatic rings. The van der Waals surface area contributed by atoms with Gasteiger partial charge in [-0.1, -0.05) is 6.92 Å². The van der Waals surface area contributed by atoms with Crippen molar-refractivity contribution in [1.82, 2.24) is 10.6 Å². The molecule has 0 radical (unpaired) electrons. The predicted octanol–water partition coefficient (Wildman–Crippen LogP) is 1.06. The Morgan fingerprint density at radius 2 is 1.88 bits per heavy atom.